The van der Waals surface area contributed by atoms with Crippen LogP contribution >= 0.6 is 50.5 Å². The van der Waals surface area contributed by atoms with Crippen molar-refractivity contribution in [2.75, 3.05) is 4.72 Å². The molecule has 0 aliphatic heterocycles. The van der Waals surface area contributed by atoms with Crippen LogP contribution in [0.2, 0.25) is 10.4 Å². The molecule has 0 bridgehead atoms. The number of rotatable bonds is 3. The number of sulfonamides is 1. The highest BCUT2D eigenvalue weighted by Crippen LogP contribution is 2.31. The van der Waals surface area contributed by atoms with Gasteiger partial charge in [-0.15, -0.1) is 11.3 Å². The first-order valence-corrected chi connectivity index (χ1v) is 8.61. The zero-order chi connectivity index (χ0) is 14.2. The molecule has 0 aliphatic carbocycles. The number of nitrogens with zero attached hydrogens (tertiary/aromatic N) is 2. The van der Waals surface area contributed by atoms with Gasteiger partial charge in [0.25, 0.3) is 10.0 Å². The molecule has 102 valence electrons. The second-order valence-electron chi connectivity index (χ2n) is 3.47. The van der Waals surface area contributed by atoms with Gasteiger partial charge in [-0.3, -0.25) is 4.72 Å². The van der Waals surface area contributed by atoms with Crippen molar-refractivity contribution >= 4 is 66.3 Å². The first kappa shape index (κ1) is 15.0. The van der Waals surface area contributed by atoms with E-state index in [1.807, 2.05) is 0 Å². The highest BCUT2D eigenvalue weighted by atomic mass is 79.9. The van der Waals surface area contributed by atoms with Gasteiger partial charge in [-0.1, -0.05) is 11.6 Å². The average Bonchev–Trinajstić information content (AvgIpc) is 2.57. The first-order valence-electron chi connectivity index (χ1n) is 4.77. The third kappa shape index (κ3) is 3.57. The van der Waals surface area contributed by atoms with E-state index in [0.717, 1.165) is 20.7 Å². The van der Waals surface area contributed by atoms with E-state index in [4.69, 9.17) is 23.2 Å². The van der Waals surface area contributed by atoms with Gasteiger partial charge in [0.05, 0.1) is 3.79 Å². The Morgan fingerprint density at radius 1 is 1.32 bits per heavy atom. The lowest BCUT2D eigenvalue weighted by atomic mass is 10.4. The molecule has 2 rings (SSSR count). The fourth-order valence-corrected chi connectivity index (χ4v) is 4.82. The van der Waals surface area contributed by atoms with Gasteiger partial charge in [0, 0.05) is 6.07 Å². The highest BCUT2D eigenvalue weighted by Gasteiger charge is 2.19. The third-order valence-electron chi connectivity index (χ3n) is 2.01. The zero-order valence-electron chi connectivity index (χ0n) is 9.32. The lowest BCUT2D eigenvalue weighted by Crippen LogP contribution is -2.12. The Labute approximate surface area is 132 Å². The molecule has 0 saturated heterocycles. The first-order chi connectivity index (χ1) is 8.78. The summed E-state index contributed by atoms with van der Waals surface area (Å²) in [4.78, 5) is 7.38. The molecule has 2 heterocycles. The molecule has 0 unspecified atom stereocenters. The smallest absolute Gasteiger partial charge is 0.262 e. The number of thiophene rings is 1. The zero-order valence-corrected chi connectivity index (χ0v) is 14.0. The lowest BCUT2D eigenvalue weighted by molar-refractivity contribution is 0.603. The lowest BCUT2D eigenvalue weighted by Gasteiger charge is -2.05. The normalized spacial score (nSPS) is 11.6. The fourth-order valence-electron chi connectivity index (χ4n) is 1.19. The summed E-state index contributed by atoms with van der Waals surface area (Å²) in [6, 6.07) is 2.84. The minimum atomic E-state index is -3.72. The molecule has 0 aliphatic rings. The number of aryl methyl sites for hydroxylation is 1. The maximum atomic E-state index is 12.1. The van der Waals surface area contributed by atoms with Gasteiger partial charge in [0.2, 0.25) is 5.28 Å². The van der Waals surface area contributed by atoms with Gasteiger partial charge in [-0.05, 0) is 46.1 Å². The third-order valence-corrected chi connectivity index (χ3v) is 6.33. The summed E-state index contributed by atoms with van der Waals surface area (Å²) in [5.74, 6) is 0.0205. The molecular weight excluding hydrogens is 397 g/mol. The fraction of sp³-hybridized carbons (Fsp3) is 0.111. The van der Waals surface area contributed by atoms with Crippen LogP contribution in [-0.4, -0.2) is 18.4 Å². The van der Waals surface area contributed by atoms with Gasteiger partial charge in [-0.25, -0.2) is 13.4 Å². The summed E-state index contributed by atoms with van der Waals surface area (Å²) in [6.45, 7) is 1.80. The number of hydrogen-bond donors (Lipinski definition) is 1. The summed E-state index contributed by atoms with van der Waals surface area (Å²) < 4.78 is 27.5. The maximum absolute atomic E-state index is 12.1. The monoisotopic (exact) mass is 401 g/mol. The van der Waals surface area contributed by atoms with Gasteiger partial charge in [0.1, 0.15) is 15.2 Å². The van der Waals surface area contributed by atoms with E-state index in [9.17, 15) is 8.42 Å². The molecule has 0 fully saturated rings. The SMILES string of the molecule is Cc1cc(S(=O)(=O)Nc2cc(Cl)nc(Cl)n2)sc1Br. The topological polar surface area (TPSA) is 72.0 Å². The van der Waals surface area contributed by atoms with E-state index in [1.54, 1.807) is 13.0 Å². The van der Waals surface area contributed by atoms with Crippen LogP contribution in [0.3, 0.4) is 0 Å². The van der Waals surface area contributed by atoms with E-state index in [0.29, 0.717) is 0 Å². The predicted molar refractivity (Wildman–Crippen MR) is 79.6 cm³/mol. The Kier molecular flexibility index (Phi) is 4.36. The Morgan fingerprint density at radius 3 is 2.53 bits per heavy atom. The van der Waals surface area contributed by atoms with Crippen LogP contribution in [0.4, 0.5) is 5.82 Å². The number of hydrogen-bond acceptors (Lipinski definition) is 5. The molecule has 0 saturated carbocycles. The van der Waals surface area contributed by atoms with Crippen LogP contribution in [0, 0.1) is 6.92 Å². The maximum Gasteiger partial charge on any atom is 0.272 e. The predicted octanol–water partition coefficient (Wildman–Crippen LogP) is 3.72. The molecular formula is C9H6BrCl2N3O2S2. The quantitative estimate of drug-likeness (QED) is 0.627. The molecule has 19 heavy (non-hydrogen) atoms. The minimum absolute atomic E-state index is 0.0205. The van der Waals surface area contributed by atoms with Crippen molar-refractivity contribution < 1.29 is 8.42 Å². The van der Waals surface area contributed by atoms with E-state index >= 15 is 0 Å². The van der Waals surface area contributed by atoms with Gasteiger partial charge in [0.15, 0.2) is 0 Å². The van der Waals surface area contributed by atoms with Crippen molar-refractivity contribution in [3.05, 3.63) is 31.9 Å². The van der Waals surface area contributed by atoms with E-state index in [2.05, 4.69) is 30.6 Å². The molecule has 0 aromatic carbocycles. The molecule has 2 aromatic rings. The summed E-state index contributed by atoms with van der Waals surface area (Å²) in [5, 5.41) is -0.0741. The Morgan fingerprint density at radius 2 is 2.00 bits per heavy atom. The van der Waals surface area contributed by atoms with E-state index in [1.165, 1.54) is 6.07 Å². The number of aromatic nitrogens is 2. The van der Waals surface area contributed by atoms with Gasteiger partial charge < -0.3 is 0 Å². The van der Waals surface area contributed by atoms with Crippen LogP contribution in [0.5, 0.6) is 0 Å². The summed E-state index contributed by atoms with van der Waals surface area (Å²) >= 11 is 15.7. The van der Waals surface area contributed by atoms with Gasteiger partial charge in [-0.2, -0.15) is 4.98 Å². The molecule has 0 atom stereocenters. The number of nitrogens with one attached hydrogen (secondary N) is 1. The van der Waals surface area contributed by atoms with Crippen molar-refractivity contribution in [3.63, 3.8) is 0 Å². The largest absolute Gasteiger partial charge is 0.272 e. The van der Waals surface area contributed by atoms with E-state index in [-0.39, 0.29) is 20.5 Å². The molecule has 10 heteroatoms. The van der Waals surface area contributed by atoms with Crippen molar-refractivity contribution in [2.45, 2.75) is 11.1 Å². The Balaban J connectivity index is 2.36. The summed E-state index contributed by atoms with van der Waals surface area (Å²) in [6.07, 6.45) is 0. The highest BCUT2D eigenvalue weighted by molar-refractivity contribution is 9.11. The standard InChI is InChI=1S/C9H6BrCl2N3O2S2/c1-4-2-7(18-8(4)10)19(16,17)15-6-3-5(11)13-9(12)14-6/h2-3H,1H3,(H,13,14,15). The second kappa shape index (κ2) is 5.53. The van der Waals surface area contributed by atoms with Crippen LogP contribution in [0.1, 0.15) is 5.56 Å². The number of halogens is 3. The van der Waals surface area contributed by atoms with Gasteiger partial charge >= 0.3 is 0 Å². The van der Waals surface area contributed by atoms with Crippen LogP contribution in [-0.2, 0) is 10.0 Å². The molecule has 2 aromatic heterocycles. The molecule has 5 nitrogen and oxygen atoms in total. The molecule has 0 spiro atoms. The Bertz CT molecular complexity index is 693. The van der Waals surface area contributed by atoms with Crippen LogP contribution < -0.4 is 4.72 Å². The van der Waals surface area contributed by atoms with Crippen molar-refractivity contribution in [1.82, 2.24) is 9.97 Å². The van der Waals surface area contributed by atoms with E-state index < -0.39 is 10.0 Å². The van der Waals surface area contributed by atoms with Crippen molar-refractivity contribution in [2.24, 2.45) is 0 Å². The van der Waals surface area contributed by atoms with Crippen molar-refractivity contribution in [1.29, 1.82) is 0 Å². The van der Waals surface area contributed by atoms with Crippen molar-refractivity contribution in [3.8, 4) is 0 Å². The molecule has 0 radical (unpaired) electrons. The molecule has 0 amide bonds. The Hall–Kier alpha value is -0.410. The summed E-state index contributed by atoms with van der Waals surface area (Å²) in [5.41, 5.74) is 0.837. The average molecular weight is 403 g/mol. The summed E-state index contributed by atoms with van der Waals surface area (Å²) in [7, 11) is -3.72. The van der Waals surface area contributed by atoms with Crippen LogP contribution in [0.25, 0.3) is 0 Å². The molecule has 1 N–H and O–H groups in total. The second-order valence-corrected chi connectivity index (χ2v) is 8.48. The number of anilines is 1. The van der Waals surface area contributed by atoms with Crippen LogP contribution in [0.15, 0.2) is 20.1 Å². The minimum Gasteiger partial charge on any atom is -0.262 e.